The van der Waals surface area contributed by atoms with E-state index < -0.39 is 56.3 Å². The van der Waals surface area contributed by atoms with Gasteiger partial charge in [0.25, 0.3) is 11.4 Å². The molecule has 0 saturated heterocycles. The largest absolute Gasteiger partial charge is 0.416 e. The van der Waals surface area contributed by atoms with Crippen LogP contribution in [0.1, 0.15) is 35.1 Å². The number of thioether (sulfide) groups is 1. The van der Waals surface area contributed by atoms with Gasteiger partial charge in [-0.1, -0.05) is 24.3 Å². The van der Waals surface area contributed by atoms with E-state index in [0.717, 1.165) is 60.7 Å². The van der Waals surface area contributed by atoms with Gasteiger partial charge in [-0.05, 0) is 84.7 Å². The minimum absolute atomic E-state index is 0.0801. The van der Waals surface area contributed by atoms with Crippen LogP contribution in [0.4, 0.5) is 46.5 Å². The van der Waals surface area contributed by atoms with Crippen LogP contribution in [0, 0.1) is 31.9 Å². The van der Waals surface area contributed by atoms with Crippen molar-refractivity contribution in [2.24, 2.45) is 0 Å². The molecule has 0 N–H and O–H groups in total. The third kappa shape index (κ3) is 8.84. The molecule has 0 radical (unpaired) electrons. The lowest BCUT2D eigenvalue weighted by atomic mass is 9.98. The Labute approximate surface area is 266 Å². The normalized spacial score (nSPS) is 11.9. The molecule has 47 heavy (non-hydrogen) atoms. The summed E-state index contributed by atoms with van der Waals surface area (Å²) < 4.78 is 107. The fourth-order valence-electron chi connectivity index (χ4n) is 4.91. The molecular weight excluding hydrogens is 660 g/mol. The maximum Gasteiger partial charge on any atom is 0.416 e. The molecule has 4 aromatic carbocycles. The van der Waals surface area contributed by atoms with Crippen LogP contribution in [0.3, 0.4) is 0 Å². The quantitative estimate of drug-likeness (QED) is 0.0642. The van der Waals surface area contributed by atoms with Crippen molar-refractivity contribution in [3.05, 3.63) is 127 Å². The summed E-state index contributed by atoms with van der Waals surface area (Å²) in [5.41, 5.74) is -2.29. The zero-order valence-corrected chi connectivity index (χ0v) is 24.9. The van der Waals surface area contributed by atoms with Crippen LogP contribution in [0.15, 0.2) is 72.8 Å². The number of nitro benzene ring substituents is 2. The molecule has 0 fully saturated rings. The number of nitro groups is 2. The Hall–Kier alpha value is -4.53. The van der Waals surface area contributed by atoms with Gasteiger partial charge in [0, 0.05) is 22.3 Å². The summed E-state index contributed by atoms with van der Waals surface area (Å²) in [6, 6.07) is 11.5. The highest BCUT2D eigenvalue weighted by atomic mass is 32.2. The number of hydrogen-bond acceptors (Lipinski definition) is 5. The molecule has 0 saturated carbocycles. The van der Waals surface area contributed by atoms with Gasteiger partial charge in [0.2, 0.25) is 0 Å². The van der Waals surface area contributed by atoms with Gasteiger partial charge >= 0.3 is 12.4 Å². The summed E-state index contributed by atoms with van der Waals surface area (Å²) in [5.74, 6) is -0.921. The maximum absolute atomic E-state index is 14.7. The van der Waals surface area contributed by atoms with Crippen molar-refractivity contribution in [2.75, 3.05) is 11.5 Å². The lowest BCUT2D eigenvalue weighted by molar-refractivity contribution is -0.385. The van der Waals surface area contributed by atoms with Gasteiger partial charge in [-0.15, -0.1) is 0 Å². The second-order valence-electron chi connectivity index (χ2n) is 10.4. The Bertz CT molecular complexity index is 1630. The highest BCUT2D eigenvalue weighted by molar-refractivity contribution is 7.99. The number of nitrogens with zero attached hydrogens (tertiary/aromatic N) is 2. The van der Waals surface area contributed by atoms with Gasteiger partial charge in [0.15, 0.2) is 0 Å². The summed E-state index contributed by atoms with van der Waals surface area (Å²) in [6.07, 6.45) is -8.01. The summed E-state index contributed by atoms with van der Waals surface area (Å²) in [4.78, 5) is 21.6. The molecule has 0 aliphatic heterocycles. The zero-order chi connectivity index (χ0) is 34.5. The Morgan fingerprint density at radius 2 is 0.915 bits per heavy atom. The molecule has 0 atom stereocenters. The van der Waals surface area contributed by atoms with Gasteiger partial charge in [0.05, 0.1) is 33.1 Å². The number of halogens is 8. The van der Waals surface area contributed by atoms with Crippen molar-refractivity contribution < 1.29 is 45.0 Å². The van der Waals surface area contributed by atoms with E-state index in [4.69, 9.17) is 0 Å². The highest BCUT2D eigenvalue weighted by Crippen LogP contribution is 2.36. The highest BCUT2D eigenvalue weighted by Gasteiger charge is 2.31. The van der Waals surface area contributed by atoms with Crippen molar-refractivity contribution in [3.8, 4) is 22.3 Å². The van der Waals surface area contributed by atoms with Crippen molar-refractivity contribution in [3.63, 3.8) is 0 Å². The Morgan fingerprint density at radius 1 is 0.574 bits per heavy atom. The predicted octanol–water partition coefficient (Wildman–Crippen LogP) is 10.5. The summed E-state index contributed by atoms with van der Waals surface area (Å²) in [6.45, 7) is 0. The van der Waals surface area contributed by atoms with E-state index in [2.05, 4.69) is 0 Å². The van der Waals surface area contributed by atoms with E-state index in [1.54, 1.807) is 0 Å². The van der Waals surface area contributed by atoms with Gasteiger partial charge < -0.3 is 0 Å². The van der Waals surface area contributed by atoms with E-state index in [9.17, 15) is 55.4 Å². The summed E-state index contributed by atoms with van der Waals surface area (Å²) in [5, 5.41) is 23.1. The van der Waals surface area contributed by atoms with Gasteiger partial charge in [0.1, 0.15) is 11.6 Å². The first-order chi connectivity index (χ1) is 22.1. The minimum Gasteiger partial charge on any atom is -0.258 e. The molecule has 0 unspecified atom stereocenters. The molecule has 248 valence electrons. The molecule has 4 aromatic rings. The molecule has 0 heterocycles. The van der Waals surface area contributed by atoms with Crippen LogP contribution in [-0.4, -0.2) is 21.4 Å². The van der Waals surface area contributed by atoms with E-state index in [1.807, 2.05) is 0 Å². The lowest BCUT2D eigenvalue weighted by Gasteiger charge is -2.11. The number of benzene rings is 4. The summed E-state index contributed by atoms with van der Waals surface area (Å²) in [7, 11) is 0. The maximum atomic E-state index is 14.7. The average molecular weight is 685 g/mol. The standard InChI is InChI=1S/C32H24F8N2O4S/c33-27-17-29(41(43)44)21(15-25(27)19-5-9-23(10-6-19)31(35,36)37)3-1-13-47-14-2-4-22-16-26(28(34)18-30(22)42(45)46)20-7-11-24(12-8-20)32(38,39)40/h5-12,15-18H,1-4,13-14H2. The molecule has 0 aromatic heterocycles. The van der Waals surface area contributed by atoms with E-state index >= 15 is 0 Å². The van der Waals surface area contributed by atoms with Crippen LogP contribution < -0.4 is 0 Å². The van der Waals surface area contributed by atoms with Gasteiger partial charge in [-0.3, -0.25) is 20.2 Å². The van der Waals surface area contributed by atoms with Crippen LogP contribution in [0.5, 0.6) is 0 Å². The molecule has 0 amide bonds. The predicted molar refractivity (Wildman–Crippen MR) is 161 cm³/mol. The van der Waals surface area contributed by atoms with Gasteiger partial charge in [-0.25, -0.2) is 8.78 Å². The van der Waals surface area contributed by atoms with Crippen molar-refractivity contribution in [1.29, 1.82) is 0 Å². The van der Waals surface area contributed by atoms with Crippen LogP contribution >= 0.6 is 11.8 Å². The summed E-state index contributed by atoms with van der Waals surface area (Å²) >= 11 is 1.43. The first-order valence-electron chi connectivity index (χ1n) is 13.9. The van der Waals surface area contributed by atoms with Crippen LogP contribution in [0.2, 0.25) is 0 Å². The molecule has 0 aliphatic carbocycles. The second kappa shape index (κ2) is 14.5. The fraction of sp³-hybridized carbons (Fsp3) is 0.250. The smallest absolute Gasteiger partial charge is 0.258 e. The molecule has 0 bridgehead atoms. The molecule has 0 spiro atoms. The number of aryl methyl sites for hydroxylation is 2. The molecule has 4 rings (SSSR count). The van der Waals surface area contributed by atoms with Crippen molar-refractivity contribution >= 4 is 23.1 Å². The average Bonchev–Trinajstić information content (AvgIpc) is 3.00. The molecular formula is C32H24F8N2O4S. The number of alkyl halides is 6. The van der Waals surface area contributed by atoms with Gasteiger partial charge in [-0.2, -0.15) is 38.1 Å². The van der Waals surface area contributed by atoms with Crippen molar-refractivity contribution in [2.45, 2.75) is 38.0 Å². The molecule has 0 aliphatic rings. The first kappa shape index (κ1) is 35.3. The van der Waals surface area contributed by atoms with Crippen LogP contribution in [0.25, 0.3) is 22.3 Å². The monoisotopic (exact) mass is 684 g/mol. The first-order valence-corrected chi connectivity index (χ1v) is 15.1. The topological polar surface area (TPSA) is 86.3 Å². The molecule has 6 nitrogen and oxygen atoms in total. The van der Waals surface area contributed by atoms with E-state index in [1.165, 1.54) is 23.9 Å². The molecule has 15 heteroatoms. The lowest BCUT2D eigenvalue weighted by Crippen LogP contribution is -2.04. The number of rotatable bonds is 12. The Morgan fingerprint density at radius 3 is 1.21 bits per heavy atom. The van der Waals surface area contributed by atoms with Crippen LogP contribution in [-0.2, 0) is 25.2 Å². The Kier molecular flexibility index (Phi) is 10.9. The zero-order valence-electron chi connectivity index (χ0n) is 24.1. The van der Waals surface area contributed by atoms with Crippen molar-refractivity contribution in [1.82, 2.24) is 0 Å². The fourth-order valence-corrected chi connectivity index (χ4v) is 5.81. The number of hydrogen-bond donors (Lipinski definition) is 0. The van der Waals surface area contributed by atoms with E-state index in [0.29, 0.717) is 24.3 Å². The third-order valence-electron chi connectivity index (χ3n) is 7.25. The second-order valence-corrected chi connectivity index (χ2v) is 11.6. The van der Waals surface area contributed by atoms with E-state index in [-0.39, 0.29) is 46.2 Å². The third-order valence-corrected chi connectivity index (χ3v) is 8.40. The minimum atomic E-state index is -4.58. The Balaban J connectivity index is 1.38. The SMILES string of the molecule is O=[N+]([O-])c1cc(F)c(-c2ccc(C(F)(F)F)cc2)cc1CCCSCCCc1cc(-c2ccc(C(F)(F)F)cc2)c(F)cc1[N+](=O)[O-].